The molecule has 0 aliphatic carbocycles. The number of carbonyl (C=O) groups is 2. The third-order valence-electron chi connectivity index (χ3n) is 3.41. The number of nitrogens with one attached hydrogen (secondary N) is 1. The number of carbonyl (C=O) groups excluding carboxylic acids is 1. The van der Waals surface area contributed by atoms with Crippen LogP contribution in [0.3, 0.4) is 0 Å². The number of likely N-dealkylation sites (tertiary alicyclic amines) is 1. The van der Waals surface area contributed by atoms with Gasteiger partial charge in [-0.3, -0.25) is 4.98 Å². The number of aliphatic carboxylic acids is 1. The van der Waals surface area contributed by atoms with E-state index < -0.39 is 12.0 Å². The summed E-state index contributed by atoms with van der Waals surface area (Å²) in [6.07, 6.45) is 4.03. The van der Waals surface area contributed by atoms with Crippen LogP contribution >= 0.6 is 0 Å². The molecule has 0 aromatic carbocycles. The van der Waals surface area contributed by atoms with E-state index in [1.165, 1.54) is 4.90 Å². The molecule has 2 heterocycles. The van der Waals surface area contributed by atoms with E-state index in [0.717, 1.165) is 12.0 Å². The van der Waals surface area contributed by atoms with Crippen LogP contribution < -0.4 is 5.32 Å². The molecule has 0 saturated carbocycles. The van der Waals surface area contributed by atoms with Crippen molar-refractivity contribution in [3.05, 3.63) is 30.1 Å². The molecule has 2 N–H and O–H groups in total. The minimum atomic E-state index is -0.941. The van der Waals surface area contributed by atoms with E-state index in [0.29, 0.717) is 13.1 Å². The summed E-state index contributed by atoms with van der Waals surface area (Å²) in [7, 11) is 0. The summed E-state index contributed by atoms with van der Waals surface area (Å²) in [5.41, 5.74) is 0.933. The largest absolute Gasteiger partial charge is 0.480 e. The van der Waals surface area contributed by atoms with E-state index in [1.807, 2.05) is 19.1 Å². The molecule has 1 aromatic rings. The van der Waals surface area contributed by atoms with Crippen molar-refractivity contribution in [3.63, 3.8) is 0 Å². The van der Waals surface area contributed by atoms with Crippen LogP contribution in [-0.2, 0) is 11.3 Å². The van der Waals surface area contributed by atoms with Gasteiger partial charge in [-0.15, -0.1) is 0 Å². The van der Waals surface area contributed by atoms with Crippen LogP contribution in [0, 0.1) is 5.92 Å². The maximum absolute atomic E-state index is 12.0. The van der Waals surface area contributed by atoms with Crippen molar-refractivity contribution >= 4 is 12.0 Å². The van der Waals surface area contributed by atoms with Gasteiger partial charge in [0.25, 0.3) is 0 Å². The first-order chi connectivity index (χ1) is 9.09. The fourth-order valence-corrected chi connectivity index (χ4v) is 2.33. The SMILES string of the molecule is CC1CCN(C(=O)NCc2ccncc2)C1C(=O)O. The summed E-state index contributed by atoms with van der Waals surface area (Å²) < 4.78 is 0. The molecular formula is C13H17N3O3. The number of pyridine rings is 1. The lowest BCUT2D eigenvalue weighted by Gasteiger charge is -2.23. The molecule has 2 rings (SSSR count). The molecule has 2 amide bonds. The molecule has 1 fully saturated rings. The second-order valence-electron chi connectivity index (χ2n) is 4.76. The van der Waals surface area contributed by atoms with Crippen LogP contribution in [0.1, 0.15) is 18.9 Å². The molecule has 6 heteroatoms. The maximum atomic E-state index is 12.0. The highest BCUT2D eigenvalue weighted by Gasteiger charge is 2.39. The highest BCUT2D eigenvalue weighted by Crippen LogP contribution is 2.24. The number of hydrogen-bond acceptors (Lipinski definition) is 3. The van der Waals surface area contributed by atoms with E-state index in [-0.39, 0.29) is 11.9 Å². The van der Waals surface area contributed by atoms with E-state index in [2.05, 4.69) is 10.3 Å². The molecule has 2 atom stereocenters. The molecule has 19 heavy (non-hydrogen) atoms. The number of rotatable bonds is 3. The van der Waals surface area contributed by atoms with Gasteiger partial charge in [-0.2, -0.15) is 0 Å². The fourth-order valence-electron chi connectivity index (χ4n) is 2.33. The molecule has 2 unspecified atom stereocenters. The zero-order valence-corrected chi connectivity index (χ0v) is 10.7. The fraction of sp³-hybridized carbons (Fsp3) is 0.462. The van der Waals surface area contributed by atoms with Crippen molar-refractivity contribution in [1.82, 2.24) is 15.2 Å². The maximum Gasteiger partial charge on any atom is 0.326 e. The normalized spacial score (nSPS) is 22.3. The van der Waals surface area contributed by atoms with Crippen molar-refractivity contribution in [1.29, 1.82) is 0 Å². The standard InChI is InChI=1S/C13H17N3O3/c1-9-4-7-16(11(9)12(17)18)13(19)15-8-10-2-5-14-6-3-10/h2-3,5-6,9,11H,4,7-8H2,1H3,(H,15,19)(H,17,18). The van der Waals surface area contributed by atoms with Crippen molar-refractivity contribution in [2.75, 3.05) is 6.54 Å². The van der Waals surface area contributed by atoms with Gasteiger partial charge >= 0.3 is 12.0 Å². The summed E-state index contributed by atoms with van der Waals surface area (Å²) in [6, 6.07) is 2.56. The Hall–Kier alpha value is -2.11. The number of carboxylic acids is 1. The summed E-state index contributed by atoms with van der Waals surface area (Å²) in [5.74, 6) is -0.951. The lowest BCUT2D eigenvalue weighted by molar-refractivity contribution is -0.142. The summed E-state index contributed by atoms with van der Waals surface area (Å²) >= 11 is 0. The second kappa shape index (κ2) is 5.69. The Labute approximate surface area is 111 Å². The summed E-state index contributed by atoms with van der Waals surface area (Å²) in [6.45, 7) is 2.72. The molecule has 0 spiro atoms. The molecule has 0 radical (unpaired) electrons. The topological polar surface area (TPSA) is 82.5 Å². The van der Waals surface area contributed by atoms with Crippen molar-refractivity contribution in [2.45, 2.75) is 25.9 Å². The van der Waals surface area contributed by atoms with Crippen molar-refractivity contribution in [3.8, 4) is 0 Å². The highest BCUT2D eigenvalue weighted by molar-refractivity contribution is 5.83. The Kier molecular flexibility index (Phi) is 3.99. The van der Waals surface area contributed by atoms with Crippen LogP contribution in [0.25, 0.3) is 0 Å². The Bertz CT molecular complexity index is 463. The number of urea groups is 1. The van der Waals surface area contributed by atoms with Crippen molar-refractivity contribution < 1.29 is 14.7 Å². The van der Waals surface area contributed by atoms with Crippen LogP contribution in [0.5, 0.6) is 0 Å². The van der Waals surface area contributed by atoms with Gasteiger partial charge < -0.3 is 15.3 Å². The molecule has 1 aromatic heterocycles. The van der Waals surface area contributed by atoms with Gasteiger partial charge in [0.15, 0.2) is 0 Å². The Morgan fingerprint density at radius 2 is 2.16 bits per heavy atom. The van der Waals surface area contributed by atoms with Gasteiger partial charge in [0.1, 0.15) is 6.04 Å². The molecule has 6 nitrogen and oxygen atoms in total. The molecule has 1 saturated heterocycles. The molecule has 102 valence electrons. The van der Waals surface area contributed by atoms with Crippen LogP contribution in [0.15, 0.2) is 24.5 Å². The zero-order valence-electron chi connectivity index (χ0n) is 10.7. The predicted molar refractivity (Wildman–Crippen MR) is 68.4 cm³/mol. The first-order valence-corrected chi connectivity index (χ1v) is 6.26. The van der Waals surface area contributed by atoms with Gasteiger partial charge in [-0.25, -0.2) is 9.59 Å². The molecule has 1 aliphatic rings. The van der Waals surface area contributed by atoms with Gasteiger partial charge in [-0.1, -0.05) is 6.92 Å². The number of amides is 2. The summed E-state index contributed by atoms with van der Waals surface area (Å²) in [5, 5.41) is 11.9. The average molecular weight is 263 g/mol. The number of hydrogen-bond donors (Lipinski definition) is 2. The third kappa shape index (κ3) is 3.01. The highest BCUT2D eigenvalue weighted by atomic mass is 16.4. The first kappa shape index (κ1) is 13.3. The Morgan fingerprint density at radius 1 is 1.47 bits per heavy atom. The van der Waals surface area contributed by atoms with Crippen LogP contribution in [0.2, 0.25) is 0 Å². The summed E-state index contributed by atoms with van der Waals surface area (Å²) in [4.78, 5) is 28.5. The lowest BCUT2D eigenvalue weighted by Crippen LogP contribution is -2.47. The average Bonchev–Trinajstić information content (AvgIpc) is 2.79. The lowest BCUT2D eigenvalue weighted by atomic mass is 10.0. The van der Waals surface area contributed by atoms with Gasteiger partial charge in [0, 0.05) is 25.5 Å². The zero-order chi connectivity index (χ0) is 13.8. The van der Waals surface area contributed by atoms with Crippen LogP contribution in [-0.4, -0.2) is 39.6 Å². The monoisotopic (exact) mass is 263 g/mol. The number of nitrogens with zero attached hydrogens (tertiary/aromatic N) is 2. The quantitative estimate of drug-likeness (QED) is 0.855. The van der Waals surface area contributed by atoms with Gasteiger partial charge in [0.2, 0.25) is 0 Å². The number of aromatic nitrogens is 1. The Balaban J connectivity index is 1.95. The van der Waals surface area contributed by atoms with Gasteiger partial charge in [-0.05, 0) is 30.0 Å². The minimum absolute atomic E-state index is 0.0100. The minimum Gasteiger partial charge on any atom is -0.480 e. The molecule has 0 bridgehead atoms. The molecule has 1 aliphatic heterocycles. The van der Waals surface area contributed by atoms with Crippen LogP contribution in [0.4, 0.5) is 4.79 Å². The number of carboxylic acid groups (broad SMARTS) is 1. The van der Waals surface area contributed by atoms with E-state index in [1.54, 1.807) is 12.4 Å². The smallest absolute Gasteiger partial charge is 0.326 e. The first-order valence-electron chi connectivity index (χ1n) is 6.26. The van der Waals surface area contributed by atoms with Gasteiger partial charge in [0.05, 0.1) is 0 Å². The molecular weight excluding hydrogens is 246 g/mol. The van der Waals surface area contributed by atoms with E-state index >= 15 is 0 Å². The third-order valence-corrected chi connectivity index (χ3v) is 3.41. The second-order valence-corrected chi connectivity index (χ2v) is 4.76. The van der Waals surface area contributed by atoms with Crippen molar-refractivity contribution in [2.24, 2.45) is 5.92 Å². The predicted octanol–water partition coefficient (Wildman–Crippen LogP) is 1.09. The van der Waals surface area contributed by atoms with E-state index in [9.17, 15) is 9.59 Å². The Morgan fingerprint density at radius 3 is 2.79 bits per heavy atom. The van der Waals surface area contributed by atoms with E-state index in [4.69, 9.17) is 5.11 Å².